The molecule has 4 heteroatoms. The molecule has 0 atom stereocenters. The van der Waals surface area contributed by atoms with Gasteiger partial charge in [-0.05, 0) is 31.5 Å². The molecule has 2 rings (SSSR count). The Morgan fingerprint density at radius 3 is 2.50 bits per heavy atom. The minimum atomic E-state index is 0.613. The van der Waals surface area contributed by atoms with Gasteiger partial charge in [0.1, 0.15) is 0 Å². The Hall–Kier alpha value is -1.97. The van der Waals surface area contributed by atoms with E-state index in [1.54, 1.807) is 7.11 Å². The number of rotatable bonds is 5. The van der Waals surface area contributed by atoms with Crippen LogP contribution in [0.5, 0.6) is 11.5 Å². The first-order valence-electron chi connectivity index (χ1n) is 5.98. The zero-order chi connectivity index (χ0) is 13.0. The third-order valence-corrected chi connectivity index (χ3v) is 2.96. The van der Waals surface area contributed by atoms with Crippen molar-refractivity contribution in [2.24, 2.45) is 0 Å². The number of nitrogens with zero attached hydrogens (tertiary/aromatic N) is 1. The number of H-pyrrole nitrogens is 1. The summed E-state index contributed by atoms with van der Waals surface area (Å²) in [6.07, 6.45) is 0.839. The molecule has 0 saturated heterocycles. The summed E-state index contributed by atoms with van der Waals surface area (Å²) in [7, 11) is 1.65. The van der Waals surface area contributed by atoms with Crippen molar-refractivity contribution in [1.82, 2.24) is 10.2 Å². The number of benzene rings is 1. The van der Waals surface area contributed by atoms with E-state index >= 15 is 0 Å². The van der Waals surface area contributed by atoms with Crippen molar-refractivity contribution in [3.05, 3.63) is 41.2 Å². The standard InChI is InChI=1S/C14H18N2O2/c1-10-12(11(2)16-15-10)8-9-18-14-7-5-4-6-13(14)17-3/h4-7H,8-9H2,1-3H3,(H,15,16). The van der Waals surface area contributed by atoms with Crippen molar-refractivity contribution >= 4 is 0 Å². The van der Waals surface area contributed by atoms with Crippen molar-refractivity contribution in [1.29, 1.82) is 0 Å². The molecule has 96 valence electrons. The van der Waals surface area contributed by atoms with Gasteiger partial charge in [-0.25, -0.2) is 0 Å². The predicted octanol–water partition coefficient (Wildman–Crippen LogP) is 2.66. The number of ether oxygens (including phenoxy) is 2. The summed E-state index contributed by atoms with van der Waals surface area (Å²) in [6, 6.07) is 7.67. The largest absolute Gasteiger partial charge is 0.493 e. The van der Waals surface area contributed by atoms with Crippen molar-refractivity contribution in [2.45, 2.75) is 20.3 Å². The molecule has 0 radical (unpaired) electrons. The zero-order valence-electron chi connectivity index (χ0n) is 11.0. The Balaban J connectivity index is 1.96. The minimum absolute atomic E-state index is 0.613. The number of aromatic nitrogens is 2. The first-order chi connectivity index (χ1) is 8.72. The second kappa shape index (κ2) is 5.58. The lowest BCUT2D eigenvalue weighted by Gasteiger charge is -2.10. The summed E-state index contributed by atoms with van der Waals surface area (Å²) in [6.45, 7) is 4.64. The summed E-state index contributed by atoms with van der Waals surface area (Å²) in [5.74, 6) is 1.54. The van der Waals surface area contributed by atoms with Crippen LogP contribution in [-0.4, -0.2) is 23.9 Å². The van der Waals surface area contributed by atoms with Gasteiger partial charge >= 0.3 is 0 Å². The fourth-order valence-electron chi connectivity index (χ4n) is 1.94. The Morgan fingerprint density at radius 1 is 1.17 bits per heavy atom. The molecular weight excluding hydrogens is 228 g/mol. The highest BCUT2D eigenvalue weighted by molar-refractivity contribution is 5.39. The highest BCUT2D eigenvalue weighted by Gasteiger charge is 2.07. The molecule has 0 spiro atoms. The van der Waals surface area contributed by atoms with Crippen LogP contribution in [0.15, 0.2) is 24.3 Å². The summed E-state index contributed by atoms with van der Waals surface area (Å²) in [5, 5.41) is 7.15. The maximum Gasteiger partial charge on any atom is 0.161 e. The molecule has 1 N–H and O–H groups in total. The van der Waals surface area contributed by atoms with Gasteiger partial charge in [-0.3, -0.25) is 5.10 Å². The normalized spacial score (nSPS) is 10.4. The van der Waals surface area contributed by atoms with Crippen LogP contribution in [0, 0.1) is 13.8 Å². The fraction of sp³-hybridized carbons (Fsp3) is 0.357. The second-order valence-electron chi connectivity index (χ2n) is 4.16. The molecule has 0 aliphatic rings. The monoisotopic (exact) mass is 246 g/mol. The van der Waals surface area contributed by atoms with E-state index in [1.807, 2.05) is 38.1 Å². The quantitative estimate of drug-likeness (QED) is 0.882. The van der Waals surface area contributed by atoms with Crippen LogP contribution < -0.4 is 9.47 Å². The number of hydrogen-bond donors (Lipinski definition) is 1. The average molecular weight is 246 g/mol. The molecule has 0 bridgehead atoms. The molecule has 1 heterocycles. The Labute approximate surface area is 107 Å². The van der Waals surface area contributed by atoms with Gasteiger partial charge in [-0.15, -0.1) is 0 Å². The summed E-state index contributed by atoms with van der Waals surface area (Å²) in [5.41, 5.74) is 3.37. The number of aromatic amines is 1. The van der Waals surface area contributed by atoms with Gasteiger partial charge in [0.05, 0.1) is 19.4 Å². The van der Waals surface area contributed by atoms with E-state index in [9.17, 15) is 0 Å². The van der Waals surface area contributed by atoms with E-state index in [4.69, 9.17) is 9.47 Å². The summed E-state index contributed by atoms with van der Waals surface area (Å²) in [4.78, 5) is 0. The van der Waals surface area contributed by atoms with Gasteiger partial charge in [0.25, 0.3) is 0 Å². The molecule has 2 aromatic rings. The van der Waals surface area contributed by atoms with E-state index in [-0.39, 0.29) is 0 Å². The van der Waals surface area contributed by atoms with Crippen LogP contribution >= 0.6 is 0 Å². The van der Waals surface area contributed by atoms with Crippen molar-refractivity contribution in [3.8, 4) is 11.5 Å². The molecule has 18 heavy (non-hydrogen) atoms. The lowest BCUT2D eigenvalue weighted by atomic mass is 10.1. The van der Waals surface area contributed by atoms with Gasteiger partial charge < -0.3 is 9.47 Å². The number of methoxy groups -OCH3 is 1. The highest BCUT2D eigenvalue weighted by Crippen LogP contribution is 2.26. The molecule has 1 aromatic heterocycles. The van der Waals surface area contributed by atoms with Gasteiger partial charge in [0.15, 0.2) is 11.5 Å². The smallest absolute Gasteiger partial charge is 0.161 e. The van der Waals surface area contributed by atoms with Crippen LogP contribution in [0.25, 0.3) is 0 Å². The Bertz CT molecular complexity index is 501. The third-order valence-electron chi connectivity index (χ3n) is 2.96. The molecule has 0 aliphatic carbocycles. The van der Waals surface area contributed by atoms with Gasteiger partial charge in [0.2, 0.25) is 0 Å². The topological polar surface area (TPSA) is 47.1 Å². The molecule has 4 nitrogen and oxygen atoms in total. The van der Waals surface area contributed by atoms with Crippen LogP contribution in [0.1, 0.15) is 17.0 Å². The highest BCUT2D eigenvalue weighted by atomic mass is 16.5. The van der Waals surface area contributed by atoms with E-state index < -0.39 is 0 Å². The number of aryl methyl sites for hydroxylation is 2. The number of nitrogens with one attached hydrogen (secondary N) is 1. The third kappa shape index (κ3) is 2.64. The van der Waals surface area contributed by atoms with Crippen LogP contribution in [0.2, 0.25) is 0 Å². The fourth-order valence-corrected chi connectivity index (χ4v) is 1.94. The molecule has 0 fully saturated rings. The van der Waals surface area contributed by atoms with E-state index in [0.29, 0.717) is 6.61 Å². The molecule has 0 saturated carbocycles. The van der Waals surface area contributed by atoms with Gasteiger partial charge in [0, 0.05) is 12.1 Å². The van der Waals surface area contributed by atoms with Crippen molar-refractivity contribution in [3.63, 3.8) is 0 Å². The van der Waals surface area contributed by atoms with E-state index in [1.165, 1.54) is 5.56 Å². The molecule has 0 unspecified atom stereocenters. The van der Waals surface area contributed by atoms with Gasteiger partial charge in [-0.2, -0.15) is 5.10 Å². The first-order valence-corrected chi connectivity index (χ1v) is 5.98. The Morgan fingerprint density at radius 2 is 1.89 bits per heavy atom. The molecule has 0 aliphatic heterocycles. The molecule has 0 amide bonds. The second-order valence-corrected chi connectivity index (χ2v) is 4.16. The number of para-hydroxylation sites is 2. The molecule has 1 aromatic carbocycles. The van der Waals surface area contributed by atoms with E-state index in [0.717, 1.165) is 29.3 Å². The predicted molar refractivity (Wildman–Crippen MR) is 70.3 cm³/mol. The Kier molecular flexibility index (Phi) is 3.87. The van der Waals surface area contributed by atoms with E-state index in [2.05, 4.69) is 10.2 Å². The number of hydrogen-bond acceptors (Lipinski definition) is 3. The lowest BCUT2D eigenvalue weighted by molar-refractivity contribution is 0.297. The van der Waals surface area contributed by atoms with Crippen LogP contribution in [-0.2, 0) is 6.42 Å². The van der Waals surface area contributed by atoms with Crippen LogP contribution in [0.3, 0.4) is 0 Å². The average Bonchev–Trinajstić information content (AvgIpc) is 2.71. The SMILES string of the molecule is COc1ccccc1OCCc1c(C)n[nH]c1C. The summed E-state index contributed by atoms with van der Waals surface area (Å²) >= 11 is 0. The van der Waals surface area contributed by atoms with Crippen molar-refractivity contribution < 1.29 is 9.47 Å². The van der Waals surface area contributed by atoms with Gasteiger partial charge in [-0.1, -0.05) is 12.1 Å². The molecular formula is C14H18N2O2. The van der Waals surface area contributed by atoms with Crippen molar-refractivity contribution in [2.75, 3.05) is 13.7 Å². The first kappa shape index (κ1) is 12.5. The van der Waals surface area contributed by atoms with Crippen LogP contribution in [0.4, 0.5) is 0 Å². The maximum absolute atomic E-state index is 5.74. The lowest BCUT2D eigenvalue weighted by Crippen LogP contribution is -2.03. The minimum Gasteiger partial charge on any atom is -0.493 e. The maximum atomic E-state index is 5.74. The summed E-state index contributed by atoms with van der Waals surface area (Å²) < 4.78 is 11.0. The zero-order valence-corrected chi connectivity index (χ0v) is 11.0.